The molecule has 6 heteroatoms. The Morgan fingerprint density at radius 1 is 0.967 bits per heavy atom. The molecule has 2 aromatic carbocycles. The second kappa shape index (κ2) is 9.74. The number of hydrogen-bond donors (Lipinski definition) is 2. The van der Waals surface area contributed by atoms with Gasteiger partial charge in [0.05, 0.1) is 7.11 Å². The molecule has 4 nitrogen and oxygen atoms in total. The number of anilines is 1. The Morgan fingerprint density at radius 2 is 1.57 bits per heavy atom. The molecule has 0 spiro atoms. The van der Waals surface area contributed by atoms with E-state index in [2.05, 4.69) is 10.6 Å². The molecule has 2 N–H and O–H groups in total. The van der Waals surface area contributed by atoms with E-state index in [4.69, 9.17) is 4.74 Å². The summed E-state index contributed by atoms with van der Waals surface area (Å²) in [5, 5.41) is 5.95. The highest BCUT2D eigenvalue weighted by atomic mass is 19.1. The van der Waals surface area contributed by atoms with Gasteiger partial charge in [-0.1, -0.05) is 12.1 Å². The van der Waals surface area contributed by atoms with E-state index in [1.165, 1.54) is 27.0 Å². The highest BCUT2D eigenvalue weighted by Crippen LogP contribution is 2.34. The highest BCUT2D eigenvalue weighted by molar-refractivity contribution is 5.96. The Morgan fingerprint density at radius 3 is 2.07 bits per heavy atom. The van der Waals surface area contributed by atoms with Crippen LogP contribution in [-0.4, -0.2) is 25.1 Å². The van der Waals surface area contributed by atoms with Crippen LogP contribution in [0.15, 0.2) is 30.0 Å². The van der Waals surface area contributed by atoms with Crippen molar-refractivity contribution in [1.82, 2.24) is 5.32 Å². The summed E-state index contributed by atoms with van der Waals surface area (Å²) >= 11 is 0. The molecule has 2 rings (SSSR count). The van der Waals surface area contributed by atoms with Crippen molar-refractivity contribution in [2.24, 2.45) is 0 Å². The van der Waals surface area contributed by atoms with Gasteiger partial charge in [0.1, 0.15) is 11.6 Å². The molecule has 2 aromatic rings. The van der Waals surface area contributed by atoms with E-state index in [9.17, 15) is 4.79 Å². The number of carbonyl (C=O) groups is 1. The highest BCUT2D eigenvalue weighted by Gasteiger charge is 2.22. The van der Waals surface area contributed by atoms with Crippen LogP contribution in [0.2, 0.25) is 0 Å². The molecule has 30 heavy (non-hydrogen) atoms. The van der Waals surface area contributed by atoms with E-state index in [-0.39, 0.29) is 40.1 Å². The number of halogens is 2. The lowest BCUT2D eigenvalue weighted by atomic mass is 9.92. The minimum atomic E-state index is -0.583. The van der Waals surface area contributed by atoms with Crippen molar-refractivity contribution in [3.63, 3.8) is 0 Å². The van der Waals surface area contributed by atoms with E-state index < -0.39 is 17.5 Å². The third-order valence-electron chi connectivity index (χ3n) is 4.66. The van der Waals surface area contributed by atoms with E-state index in [0.29, 0.717) is 5.56 Å². The molecule has 0 aliphatic rings. The van der Waals surface area contributed by atoms with Gasteiger partial charge in [-0.25, -0.2) is 8.78 Å². The van der Waals surface area contributed by atoms with Crippen molar-refractivity contribution in [1.29, 1.82) is 0 Å². The Hall–Kier alpha value is -2.89. The van der Waals surface area contributed by atoms with Gasteiger partial charge in [0, 0.05) is 28.9 Å². The second-order valence-electron chi connectivity index (χ2n) is 7.88. The molecule has 0 heterocycles. The molecule has 0 saturated carbocycles. The molecule has 0 atom stereocenters. The smallest absolute Gasteiger partial charge is 0.286 e. The fraction of sp³-hybridized carbons (Fsp3) is 0.375. The van der Waals surface area contributed by atoms with Gasteiger partial charge in [0.2, 0.25) is 0 Å². The van der Waals surface area contributed by atoms with Gasteiger partial charge in [-0.05, 0) is 76.4 Å². The first-order chi connectivity index (χ1) is 14.1. The van der Waals surface area contributed by atoms with Crippen molar-refractivity contribution < 1.29 is 18.3 Å². The average molecular weight is 417 g/mol. The van der Waals surface area contributed by atoms with Gasteiger partial charge in [-0.15, -0.1) is 0 Å². The largest absolute Gasteiger partial charge is 0.491 e. The number of ether oxygens (including phenoxy) is 1. The van der Waals surface area contributed by atoms with Crippen LogP contribution in [0.4, 0.5) is 14.5 Å². The molecule has 0 unspecified atom stereocenters. The molecular weight excluding hydrogens is 386 g/mol. The lowest BCUT2D eigenvalue weighted by molar-refractivity contribution is -0.120. The normalized spacial score (nSPS) is 11.8. The van der Waals surface area contributed by atoms with Crippen LogP contribution in [0.25, 0.3) is 17.2 Å². The maximum absolute atomic E-state index is 15.3. The zero-order valence-electron chi connectivity index (χ0n) is 18.6. The predicted molar refractivity (Wildman–Crippen MR) is 118 cm³/mol. The van der Waals surface area contributed by atoms with Gasteiger partial charge in [-0.3, -0.25) is 4.79 Å². The number of methoxy groups -OCH3 is 1. The van der Waals surface area contributed by atoms with Crippen molar-refractivity contribution >= 4 is 17.7 Å². The topological polar surface area (TPSA) is 50.4 Å². The fourth-order valence-corrected chi connectivity index (χ4v) is 3.21. The summed E-state index contributed by atoms with van der Waals surface area (Å²) in [6.45, 7) is 10.7. The maximum Gasteiger partial charge on any atom is 0.286 e. The van der Waals surface area contributed by atoms with Crippen LogP contribution >= 0.6 is 0 Å². The standard InChI is InChI=1S/C24H30F2N2O2/c1-13(2)27-18-10-8-17(9-11-18)21-16(6)22(25)19(15(5)23(21)26)12-20(30-7)24(29)28-14(3)4/h8-14,27H,1-7H3,(H,28,29)/b20-12-. The van der Waals surface area contributed by atoms with Crippen LogP contribution in [0, 0.1) is 25.5 Å². The Bertz CT molecular complexity index is 920. The van der Waals surface area contributed by atoms with Crippen molar-refractivity contribution in [3.05, 3.63) is 58.3 Å². The average Bonchev–Trinajstić information content (AvgIpc) is 2.67. The lowest BCUT2D eigenvalue weighted by Crippen LogP contribution is -2.31. The number of hydrogen-bond acceptors (Lipinski definition) is 3. The summed E-state index contributed by atoms with van der Waals surface area (Å²) in [4.78, 5) is 12.3. The van der Waals surface area contributed by atoms with Crippen molar-refractivity contribution in [2.75, 3.05) is 12.4 Å². The molecule has 0 aliphatic carbocycles. The quantitative estimate of drug-likeness (QED) is 0.458. The molecule has 0 fully saturated rings. The number of nitrogens with one attached hydrogen (secondary N) is 2. The molecule has 0 bridgehead atoms. The van der Waals surface area contributed by atoms with E-state index in [0.717, 1.165) is 5.69 Å². The monoisotopic (exact) mass is 416 g/mol. The lowest BCUT2D eigenvalue weighted by Gasteiger charge is -2.17. The fourth-order valence-electron chi connectivity index (χ4n) is 3.21. The summed E-state index contributed by atoms with van der Waals surface area (Å²) in [7, 11) is 1.32. The summed E-state index contributed by atoms with van der Waals surface area (Å²) in [6, 6.07) is 7.37. The first-order valence-electron chi connectivity index (χ1n) is 9.98. The summed E-state index contributed by atoms with van der Waals surface area (Å²) < 4.78 is 35.7. The Kier molecular flexibility index (Phi) is 7.59. The van der Waals surface area contributed by atoms with Gasteiger partial charge in [0.15, 0.2) is 5.76 Å². The van der Waals surface area contributed by atoms with Gasteiger partial charge >= 0.3 is 0 Å². The second-order valence-corrected chi connectivity index (χ2v) is 7.88. The zero-order chi connectivity index (χ0) is 22.6. The van der Waals surface area contributed by atoms with E-state index in [1.54, 1.807) is 26.0 Å². The Labute approximate surface area is 177 Å². The van der Waals surface area contributed by atoms with Gasteiger partial charge in [0.25, 0.3) is 5.91 Å². The van der Waals surface area contributed by atoms with Crippen LogP contribution in [0.5, 0.6) is 0 Å². The zero-order valence-corrected chi connectivity index (χ0v) is 18.6. The van der Waals surface area contributed by atoms with Crippen LogP contribution in [-0.2, 0) is 9.53 Å². The molecule has 0 aliphatic heterocycles. The van der Waals surface area contributed by atoms with Crippen LogP contribution < -0.4 is 10.6 Å². The number of rotatable bonds is 7. The van der Waals surface area contributed by atoms with Crippen molar-refractivity contribution in [3.8, 4) is 11.1 Å². The molecule has 0 aromatic heterocycles. The summed E-state index contributed by atoms with van der Waals surface area (Å²) in [5.41, 5.74) is 2.00. The van der Waals surface area contributed by atoms with Crippen LogP contribution in [0.3, 0.4) is 0 Å². The van der Waals surface area contributed by atoms with Crippen molar-refractivity contribution in [2.45, 2.75) is 53.6 Å². The minimum Gasteiger partial charge on any atom is -0.491 e. The number of amides is 1. The molecule has 162 valence electrons. The third kappa shape index (κ3) is 5.17. The molecule has 0 saturated heterocycles. The third-order valence-corrected chi connectivity index (χ3v) is 4.66. The van der Waals surface area contributed by atoms with Gasteiger partial charge in [-0.2, -0.15) is 0 Å². The first kappa shape index (κ1) is 23.4. The number of carbonyl (C=O) groups excluding carboxylic acids is 1. The first-order valence-corrected chi connectivity index (χ1v) is 9.98. The summed E-state index contributed by atoms with van der Waals surface area (Å²) in [5.74, 6) is -1.67. The van der Waals surface area contributed by atoms with E-state index in [1.807, 2.05) is 26.0 Å². The summed E-state index contributed by atoms with van der Waals surface area (Å²) in [6.07, 6.45) is 1.25. The van der Waals surface area contributed by atoms with E-state index >= 15 is 8.78 Å². The minimum absolute atomic E-state index is 0.00241. The Balaban J connectivity index is 2.54. The van der Waals surface area contributed by atoms with Crippen LogP contribution in [0.1, 0.15) is 44.4 Å². The maximum atomic E-state index is 15.3. The van der Waals surface area contributed by atoms with Gasteiger partial charge < -0.3 is 15.4 Å². The number of benzene rings is 2. The molecular formula is C24H30F2N2O2. The SMILES string of the molecule is CO/C(=C\c1c(C)c(F)c(-c2ccc(NC(C)C)cc2)c(C)c1F)C(=O)NC(C)C. The molecule has 0 radical (unpaired) electrons. The predicted octanol–water partition coefficient (Wildman–Crippen LogP) is 5.58. The molecule has 1 amide bonds.